The molecule has 1 amide bonds. The number of likely N-dealkylation sites (tertiary alicyclic amines) is 1. The highest BCUT2D eigenvalue weighted by atomic mass is 16.5. The van der Waals surface area contributed by atoms with Gasteiger partial charge in [0.2, 0.25) is 5.91 Å². The number of para-hydroxylation sites is 1. The van der Waals surface area contributed by atoms with Crippen molar-refractivity contribution < 1.29 is 14.6 Å². The molecule has 1 saturated heterocycles. The Labute approximate surface area is 119 Å². The average Bonchev–Trinajstić information content (AvgIpc) is 2.48. The summed E-state index contributed by atoms with van der Waals surface area (Å²) < 4.78 is 5.36. The van der Waals surface area contributed by atoms with E-state index in [0.717, 1.165) is 12.8 Å². The number of amides is 1. The molecule has 1 heterocycles. The zero-order valence-corrected chi connectivity index (χ0v) is 11.8. The molecule has 0 spiro atoms. The number of phenolic OH excluding ortho intramolecular Hbond substituents is 1. The van der Waals surface area contributed by atoms with Crippen molar-refractivity contribution in [3.05, 3.63) is 29.8 Å². The molecule has 2 rings (SSSR count). The summed E-state index contributed by atoms with van der Waals surface area (Å²) in [7, 11) is 1.69. The predicted octanol–water partition coefficient (Wildman–Crippen LogP) is 0.899. The van der Waals surface area contributed by atoms with E-state index in [9.17, 15) is 9.90 Å². The summed E-state index contributed by atoms with van der Waals surface area (Å²) in [5.41, 5.74) is 6.43. The predicted molar refractivity (Wildman–Crippen MR) is 76.4 cm³/mol. The summed E-state index contributed by atoms with van der Waals surface area (Å²) in [5.74, 6) is 0.174. The van der Waals surface area contributed by atoms with Crippen LogP contribution in [-0.4, -0.2) is 48.3 Å². The second-order valence-corrected chi connectivity index (χ2v) is 5.16. The second-order valence-electron chi connectivity index (χ2n) is 5.16. The van der Waals surface area contributed by atoms with Crippen molar-refractivity contribution >= 4 is 5.91 Å². The van der Waals surface area contributed by atoms with Gasteiger partial charge in [0.25, 0.3) is 0 Å². The number of nitrogens with two attached hydrogens (primary N) is 1. The Morgan fingerprint density at radius 3 is 2.90 bits per heavy atom. The van der Waals surface area contributed by atoms with E-state index in [2.05, 4.69) is 0 Å². The molecular formula is C15H22N2O3. The lowest BCUT2D eigenvalue weighted by Gasteiger charge is -2.38. The summed E-state index contributed by atoms with van der Waals surface area (Å²) in [6, 6.07) is 6.95. The minimum atomic E-state index is 0.0107. The molecule has 5 heteroatoms. The van der Waals surface area contributed by atoms with Gasteiger partial charge in [-0.2, -0.15) is 0 Å². The van der Waals surface area contributed by atoms with Crippen molar-refractivity contribution in [1.82, 2.24) is 4.90 Å². The van der Waals surface area contributed by atoms with Gasteiger partial charge in [0.15, 0.2) is 0 Å². The molecule has 1 fully saturated rings. The molecule has 0 aromatic heterocycles. The molecule has 0 aliphatic carbocycles. The highest BCUT2D eigenvalue weighted by Gasteiger charge is 2.30. The number of nitrogens with zero attached hydrogens (tertiary/aromatic N) is 1. The first-order chi connectivity index (χ1) is 9.65. The number of phenols is 1. The van der Waals surface area contributed by atoms with Crippen LogP contribution in [0.15, 0.2) is 24.3 Å². The fourth-order valence-corrected chi connectivity index (χ4v) is 2.70. The number of rotatable bonds is 4. The normalized spacial score (nSPS) is 22.8. The number of methoxy groups -OCH3 is 1. The molecule has 1 aromatic rings. The molecule has 2 unspecified atom stereocenters. The highest BCUT2D eigenvalue weighted by molar-refractivity contribution is 5.80. The summed E-state index contributed by atoms with van der Waals surface area (Å²) in [5, 5.41) is 9.75. The lowest BCUT2D eigenvalue weighted by Crippen LogP contribution is -2.51. The van der Waals surface area contributed by atoms with E-state index < -0.39 is 0 Å². The van der Waals surface area contributed by atoms with Crippen LogP contribution in [0, 0.1) is 0 Å². The summed E-state index contributed by atoms with van der Waals surface area (Å²) in [6.07, 6.45) is 2.00. The third kappa shape index (κ3) is 3.29. The SMILES string of the molecule is COC1CCN(C(=O)Cc2ccccc2O)C(CN)C1. The van der Waals surface area contributed by atoms with Crippen LogP contribution in [0.25, 0.3) is 0 Å². The molecule has 1 aliphatic rings. The van der Waals surface area contributed by atoms with Gasteiger partial charge in [-0.05, 0) is 18.9 Å². The molecule has 0 saturated carbocycles. The topological polar surface area (TPSA) is 75.8 Å². The number of hydrogen-bond acceptors (Lipinski definition) is 4. The van der Waals surface area contributed by atoms with Gasteiger partial charge >= 0.3 is 0 Å². The minimum absolute atomic E-state index is 0.0107. The summed E-state index contributed by atoms with van der Waals surface area (Å²) >= 11 is 0. The van der Waals surface area contributed by atoms with Gasteiger partial charge in [-0.25, -0.2) is 0 Å². The van der Waals surface area contributed by atoms with Crippen LogP contribution in [0.4, 0.5) is 0 Å². The van der Waals surface area contributed by atoms with E-state index in [0.29, 0.717) is 18.7 Å². The quantitative estimate of drug-likeness (QED) is 0.858. The number of aromatic hydroxyl groups is 1. The smallest absolute Gasteiger partial charge is 0.227 e. The van der Waals surface area contributed by atoms with Gasteiger partial charge in [0.1, 0.15) is 5.75 Å². The first-order valence-electron chi connectivity index (χ1n) is 6.95. The number of piperidine rings is 1. The lowest BCUT2D eigenvalue weighted by molar-refractivity contribution is -0.136. The fraction of sp³-hybridized carbons (Fsp3) is 0.533. The molecule has 110 valence electrons. The molecule has 0 radical (unpaired) electrons. The number of carbonyl (C=O) groups is 1. The van der Waals surface area contributed by atoms with Crippen molar-refractivity contribution in [2.75, 3.05) is 20.2 Å². The molecule has 2 atom stereocenters. The van der Waals surface area contributed by atoms with E-state index in [1.54, 1.807) is 25.3 Å². The molecule has 3 N–H and O–H groups in total. The first kappa shape index (κ1) is 14.8. The van der Waals surface area contributed by atoms with Crippen LogP contribution >= 0.6 is 0 Å². The molecule has 1 aromatic carbocycles. The Kier molecular flexibility index (Phi) is 4.98. The number of benzene rings is 1. The van der Waals surface area contributed by atoms with E-state index in [1.165, 1.54) is 0 Å². The van der Waals surface area contributed by atoms with Crippen LogP contribution in [0.2, 0.25) is 0 Å². The lowest BCUT2D eigenvalue weighted by atomic mass is 9.98. The Morgan fingerprint density at radius 2 is 2.25 bits per heavy atom. The Bertz CT molecular complexity index is 464. The number of hydrogen-bond donors (Lipinski definition) is 2. The third-order valence-corrected chi connectivity index (χ3v) is 3.93. The van der Waals surface area contributed by atoms with Gasteiger partial charge in [-0.15, -0.1) is 0 Å². The van der Waals surface area contributed by atoms with Gasteiger partial charge in [0.05, 0.1) is 12.5 Å². The molecule has 20 heavy (non-hydrogen) atoms. The Morgan fingerprint density at radius 1 is 1.50 bits per heavy atom. The molecule has 0 bridgehead atoms. The highest BCUT2D eigenvalue weighted by Crippen LogP contribution is 2.22. The second kappa shape index (κ2) is 6.72. The maximum absolute atomic E-state index is 12.4. The molecular weight excluding hydrogens is 256 g/mol. The van der Waals surface area contributed by atoms with Gasteiger partial charge < -0.3 is 20.5 Å². The van der Waals surface area contributed by atoms with Crippen molar-refractivity contribution in [1.29, 1.82) is 0 Å². The molecule has 5 nitrogen and oxygen atoms in total. The fourth-order valence-electron chi connectivity index (χ4n) is 2.70. The summed E-state index contributed by atoms with van der Waals surface area (Å²) in [6.45, 7) is 1.10. The van der Waals surface area contributed by atoms with Gasteiger partial charge in [0, 0.05) is 31.8 Å². The van der Waals surface area contributed by atoms with E-state index in [4.69, 9.17) is 10.5 Å². The number of ether oxygens (including phenoxy) is 1. The van der Waals surface area contributed by atoms with Crippen molar-refractivity contribution in [3.63, 3.8) is 0 Å². The van der Waals surface area contributed by atoms with Crippen molar-refractivity contribution in [2.24, 2.45) is 5.73 Å². The van der Waals surface area contributed by atoms with E-state index >= 15 is 0 Å². The largest absolute Gasteiger partial charge is 0.508 e. The van der Waals surface area contributed by atoms with Crippen LogP contribution in [0.5, 0.6) is 5.75 Å². The molecule has 1 aliphatic heterocycles. The van der Waals surface area contributed by atoms with Crippen LogP contribution < -0.4 is 5.73 Å². The van der Waals surface area contributed by atoms with Crippen molar-refractivity contribution in [3.8, 4) is 5.75 Å². The van der Waals surface area contributed by atoms with Crippen LogP contribution in [0.1, 0.15) is 18.4 Å². The maximum atomic E-state index is 12.4. The van der Waals surface area contributed by atoms with Crippen LogP contribution in [0.3, 0.4) is 0 Å². The zero-order valence-electron chi connectivity index (χ0n) is 11.8. The van der Waals surface area contributed by atoms with Gasteiger partial charge in [-0.3, -0.25) is 4.79 Å². The van der Waals surface area contributed by atoms with Crippen molar-refractivity contribution in [2.45, 2.75) is 31.4 Å². The van der Waals surface area contributed by atoms with Gasteiger partial charge in [-0.1, -0.05) is 18.2 Å². The van der Waals surface area contributed by atoms with E-state index in [-0.39, 0.29) is 30.2 Å². The Balaban J connectivity index is 2.03. The summed E-state index contributed by atoms with van der Waals surface area (Å²) in [4.78, 5) is 14.2. The standard InChI is InChI=1S/C15H22N2O3/c1-20-13-6-7-17(12(9-13)10-16)15(19)8-11-4-2-3-5-14(11)18/h2-5,12-13,18H,6-10,16H2,1H3. The monoisotopic (exact) mass is 278 g/mol. The third-order valence-electron chi connectivity index (χ3n) is 3.93. The number of carbonyl (C=O) groups excluding carboxylic acids is 1. The van der Waals surface area contributed by atoms with E-state index in [1.807, 2.05) is 11.0 Å². The Hall–Kier alpha value is -1.59. The van der Waals surface area contributed by atoms with Crippen LogP contribution in [-0.2, 0) is 16.0 Å². The maximum Gasteiger partial charge on any atom is 0.227 e. The first-order valence-corrected chi connectivity index (χ1v) is 6.95. The minimum Gasteiger partial charge on any atom is -0.508 e. The average molecular weight is 278 g/mol. The zero-order chi connectivity index (χ0) is 14.5.